The van der Waals surface area contributed by atoms with Gasteiger partial charge >= 0.3 is 5.97 Å². The highest BCUT2D eigenvalue weighted by Crippen LogP contribution is 2.35. The van der Waals surface area contributed by atoms with Crippen LogP contribution in [0.5, 0.6) is 0 Å². The highest BCUT2D eigenvalue weighted by molar-refractivity contribution is 7.13. The van der Waals surface area contributed by atoms with Gasteiger partial charge in [-0.2, -0.15) is 5.10 Å². The zero-order valence-electron chi connectivity index (χ0n) is 21.4. The SMILES string of the molecule is CCOC(=O)CC(Nc1nc(-c2[nH]nc3ncc(Cl)cc23)nc(-c2cccs2)c1F)C(C)(C)c1ccccn1. The second-order valence-corrected chi connectivity index (χ2v) is 10.7. The molecule has 0 aliphatic carbocycles. The number of aromatic amines is 1. The molecule has 0 fully saturated rings. The van der Waals surface area contributed by atoms with Crippen LogP contribution in [0.25, 0.3) is 33.1 Å². The molecule has 9 nitrogen and oxygen atoms in total. The number of H-pyrrole nitrogens is 1. The van der Waals surface area contributed by atoms with Crippen molar-refractivity contribution in [2.75, 3.05) is 11.9 Å². The molecule has 0 saturated heterocycles. The molecule has 39 heavy (non-hydrogen) atoms. The van der Waals surface area contributed by atoms with Gasteiger partial charge in [0.2, 0.25) is 0 Å². The van der Waals surface area contributed by atoms with Crippen LogP contribution in [0.1, 0.15) is 32.9 Å². The summed E-state index contributed by atoms with van der Waals surface area (Å²) in [4.78, 5) is 31.1. The fourth-order valence-electron chi connectivity index (χ4n) is 4.24. The molecule has 5 rings (SSSR count). The van der Waals surface area contributed by atoms with Gasteiger partial charge < -0.3 is 10.1 Å². The Bertz CT molecular complexity index is 1610. The molecule has 0 amide bonds. The quantitative estimate of drug-likeness (QED) is 0.208. The number of fused-ring (bicyclic) bond motifs is 1. The van der Waals surface area contributed by atoms with Crippen molar-refractivity contribution in [2.45, 2.75) is 38.6 Å². The summed E-state index contributed by atoms with van der Waals surface area (Å²) in [6.45, 7) is 5.84. The third-order valence-electron chi connectivity index (χ3n) is 6.39. The molecule has 5 heterocycles. The zero-order valence-corrected chi connectivity index (χ0v) is 23.0. The van der Waals surface area contributed by atoms with E-state index in [1.165, 1.54) is 17.5 Å². The molecule has 5 aromatic heterocycles. The smallest absolute Gasteiger partial charge is 0.307 e. The first kappa shape index (κ1) is 26.6. The van der Waals surface area contributed by atoms with Gasteiger partial charge in [0.1, 0.15) is 11.4 Å². The fraction of sp³-hybridized carbons (Fsp3) is 0.259. The summed E-state index contributed by atoms with van der Waals surface area (Å²) in [6.07, 6.45) is 3.13. The molecule has 1 atom stereocenters. The second-order valence-electron chi connectivity index (χ2n) is 9.30. The van der Waals surface area contributed by atoms with E-state index in [4.69, 9.17) is 16.3 Å². The van der Waals surface area contributed by atoms with Crippen molar-refractivity contribution >= 4 is 45.8 Å². The highest BCUT2D eigenvalue weighted by Gasteiger charge is 2.36. The lowest BCUT2D eigenvalue weighted by molar-refractivity contribution is -0.143. The van der Waals surface area contributed by atoms with Crippen LogP contribution < -0.4 is 5.32 Å². The number of nitrogens with zero attached hydrogens (tertiary/aromatic N) is 5. The van der Waals surface area contributed by atoms with E-state index in [0.29, 0.717) is 26.6 Å². The number of pyridine rings is 2. The van der Waals surface area contributed by atoms with Crippen molar-refractivity contribution in [3.8, 4) is 22.1 Å². The summed E-state index contributed by atoms with van der Waals surface area (Å²) in [5.74, 6) is -0.946. The number of carbonyl (C=O) groups excluding carboxylic acids is 1. The Labute approximate surface area is 232 Å². The lowest BCUT2D eigenvalue weighted by Gasteiger charge is -2.34. The Morgan fingerprint density at radius 2 is 2.08 bits per heavy atom. The van der Waals surface area contributed by atoms with E-state index in [1.54, 1.807) is 25.3 Å². The van der Waals surface area contributed by atoms with Gasteiger partial charge in [-0.15, -0.1) is 11.3 Å². The number of hydrogen-bond donors (Lipinski definition) is 2. The number of carbonyl (C=O) groups is 1. The average molecular weight is 566 g/mol. The molecular weight excluding hydrogens is 541 g/mol. The Balaban J connectivity index is 1.64. The maximum absolute atomic E-state index is 16.1. The molecule has 0 radical (unpaired) electrons. The first-order valence-electron chi connectivity index (χ1n) is 12.2. The van der Waals surface area contributed by atoms with Crippen LogP contribution in [-0.2, 0) is 14.9 Å². The van der Waals surface area contributed by atoms with Crippen molar-refractivity contribution in [3.63, 3.8) is 0 Å². The summed E-state index contributed by atoms with van der Waals surface area (Å²) in [5, 5.41) is 13.2. The van der Waals surface area contributed by atoms with Crippen LogP contribution >= 0.6 is 22.9 Å². The molecule has 0 bridgehead atoms. The van der Waals surface area contributed by atoms with Gasteiger partial charge in [0.05, 0.1) is 28.3 Å². The Morgan fingerprint density at radius 1 is 1.23 bits per heavy atom. The summed E-state index contributed by atoms with van der Waals surface area (Å²) >= 11 is 7.54. The lowest BCUT2D eigenvalue weighted by atomic mass is 9.79. The van der Waals surface area contributed by atoms with Gasteiger partial charge in [-0.1, -0.05) is 37.6 Å². The van der Waals surface area contributed by atoms with Crippen molar-refractivity contribution < 1.29 is 13.9 Å². The molecule has 0 saturated carbocycles. The van der Waals surface area contributed by atoms with Gasteiger partial charge in [-0.3, -0.25) is 14.9 Å². The van der Waals surface area contributed by atoms with E-state index in [-0.39, 0.29) is 30.4 Å². The maximum atomic E-state index is 16.1. The van der Waals surface area contributed by atoms with Gasteiger partial charge in [0, 0.05) is 29.5 Å². The molecule has 0 aliphatic rings. The summed E-state index contributed by atoms with van der Waals surface area (Å²) < 4.78 is 21.3. The van der Waals surface area contributed by atoms with Crippen molar-refractivity contribution in [1.29, 1.82) is 0 Å². The number of anilines is 1. The lowest BCUT2D eigenvalue weighted by Crippen LogP contribution is -2.42. The van der Waals surface area contributed by atoms with Crippen LogP contribution in [0.3, 0.4) is 0 Å². The zero-order chi connectivity index (χ0) is 27.6. The Kier molecular flexibility index (Phi) is 7.53. The van der Waals surface area contributed by atoms with E-state index in [1.807, 2.05) is 43.5 Å². The van der Waals surface area contributed by atoms with Crippen LogP contribution in [0.15, 0.2) is 54.2 Å². The fourth-order valence-corrected chi connectivity index (χ4v) is 5.10. The molecule has 0 spiro atoms. The molecule has 1 unspecified atom stereocenters. The molecule has 5 aromatic rings. The van der Waals surface area contributed by atoms with Crippen LogP contribution in [0.4, 0.5) is 10.2 Å². The van der Waals surface area contributed by atoms with Gasteiger partial charge in [-0.05, 0) is 36.6 Å². The van der Waals surface area contributed by atoms with E-state index >= 15 is 4.39 Å². The van der Waals surface area contributed by atoms with E-state index in [9.17, 15) is 4.79 Å². The molecule has 0 aliphatic heterocycles. The number of halogens is 2. The van der Waals surface area contributed by atoms with Crippen molar-refractivity contribution in [1.82, 2.24) is 30.1 Å². The van der Waals surface area contributed by atoms with Gasteiger partial charge in [0.25, 0.3) is 0 Å². The highest BCUT2D eigenvalue weighted by atomic mass is 35.5. The minimum atomic E-state index is -0.715. The maximum Gasteiger partial charge on any atom is 0.307 e. The summed E-state index contributed by atoms with van der Waals surface area (Å²) in [6, 6.07) is 10.2. The average Bonchev–Trinajstić information content (AvgIpc) is 3.60. The number of nitrogens with one attached hydrogen (secondary N) is 2. The number of thiophene rings is 1. The predicted octanol–water partition coefficient (Wildman–Crippen LogP) is 6.04. The van der Waals surface area contributed by atoms with Crippen LogP contribution in [0, 0.1) is 5.82 Å². The minimum absolute atomic E-state index is 0.0446. The molecule has 2 N–H and O–H groups in total. The molecular formula is C27H25ClFN7O2S. The van der Waals surface area contributed by atoms with E-state index in [2.05, 4.69) is 35.5 Å². The number of hydrogen-bond acceptors (Lipinski definition) is 9. The molecule has 0 aromatic carbocycles. The third-order valence-corrected chi connectivity index (χ3v) is 7.47. The standard InChI is InChI=1S/C27H25ClFN7O2S/c1-4-38-20(37)13-19(27(2,3)18-9-5-6-10-30-18)32-25-21(29)23(17-8-7-11-39-17)33-26(34-25)22-16-12-15(28)14-31-24(16)36-35-22/h5-12,14,19H,4,13H2,1-3H3,(H,31,35,36)(H,32,33,34). The van der Waals surface area contributed by atoms with Crippen molar-refractivity contribution in [3.05, 3.63) is 70.7 Å². The normalized spacial score (nSPS) is 12.4. The monoisotopic (exact) mass is 565 g/mol. The van der Waals surface area contributed by atoms with Gasteiger partial charge in [0.15, 0.2) is 23.1 Å². The van der Waals surface area contributed by atoms with Crippen molar-refractivity contribution in [2.24, 2.45) is 0 Å². The predicted molar refractivity (Wildman–Crippen MR) is 149 cm³/mol. The topological polar surface area (TPSA) is 119 Å². The summed E-state index contributed by atoms with van der Waals surface area (Å²) in [7, 11) is 0. The largest absolute Gasteiger partial charge is 0.466 e. The first-order valence-corrected chi connectivity index (χ1v) is 13.5. The van der Waals surface area contributed by atoms with Crippen LogP contribution in [-0.4, -0.2) is 48.8 Å². The first-order chi connectivity index (χ1) is 18.8. The Hall–Kier alpha value is -3.96. The number of esters is 1. The molecule has 200 valence electrons. The molecule has 12 heteroatoms. The Morgan fingerprint density at radius 3 is 2.79 bits per heavy atom. The number of ether oxygens (including phenoxy) is 1. The second kappa shape index (κ2) is 11.0. The van der Waals surface area contributed by atoms with E-state index < -0.39 is 23.2 Å². The van der Waals surface area contributed by atoms with Crippen LogP contribution in [0.2, 0.25) is 5.02 Å². The number of rotatable bonds is 9. The van der Waals surface area contributed by atoms with E-state index in [0.717, 1.165) is 5.69 Å². The van der Waals surface area contributed by atoms with Gasteiger partial charge in [-0.25, -0.2) is 19.3 Å². The third kappa shape index (κ3) is 5.45. The number of aromatic nitrogens is 6. The summed E-state index contributed by atoms with van der Waals surface area (Å²) in [5.41, 5.74) is 0.978. The minimum Gasteiger partial charge on any atom is -0.466 e.